The van der Waals surface area contributed by atoms with Gasteiger partial charge < -0.3 is 0 Å². The van der Waals surface area contributed by atoms with E-state index in [1.165, 1.54) is 0 Å². The Kier molecular flexibility index (Phi) is 2.52. The Bertz CT molecular complexity index is 108. The van der Waals surface area contributed by atoms with Crippen LogP contribution in [-0.2, 0) is 0 Å². The molecule has 0 unspecified atom stereocenters. The molecular weight excluding hydrogens is 156 g/mol. The number of halogens is 2. The van der Waals surface area contributed by atoms with Crippen LogP contribution in [0.2, 0.25) is 0 Å². The van der Waals surface area contributed by atoms with Gasteiger partial charge in [0.25, 0.3) is 5.92 Å². The van der Waals surface area contributed by atoms with E-state index in [0.29, 0.717) is 19.0 Å². The van der Waals surface area contributed by atoms with Gasteiger partial charge in [0.1, 0.15) is 0 Å². The second kappa shape index (κ2) is 3.05. The number of nitrogens with zero attached hydrogens (tertiary/aromatic N) is 1. The first kappa shape index (κ1) is 8.27. The molecule has 0 atom stereocenters. The number of likely N-dealkylation sites (tertiary alicyclic amines) is 1. The molecule has 0 radical (unpaired) electrons. The van der Waals surface area contributed by atoms with Crippen LogP contribution >= 0.6 is 12.6 Å². The van der Waals surface area contributed by atoms with E-state index in [1.54, 1.807) is 0 Å². The Balaban J connectivity index is 2.31. The molecule has 1 fully saturated rings. The highest BCUT2D eigenvalue weighted by Crippen LogP contribution is 2.27. The fraction of sp³-hybridized carbons (Fsp3) is 1.00. The van der Waals surface area contributed by atoms with Gasteiger partial charge in [0.2, 0.25) is 0 Å². The molecule has 60 valence electrons. The van der Waals surface area contributed by atoms with Gasteiger partial charge in [-0.25, -0.2) is 8.78 Å². The Hall–Kier alpha value is 0.170. The molecule has 1 nitrogen and oxygen atoms in total. The average molecular weight is 167 g/mol. The first-order chi connectivity index (χ1) is 4.64. The molecule has 0 aromatic carbocycles. The maximum Gasteiger partial charge on any atom is 0.250 e. The lowest BCUT2D eigenvalue weighted by Gasteiger charge is -2.30. The normalized spacial score (nSPS) is 26.7. The molecule has 1 saturated heterocycles. The van der Waals surface area contributed by atoms with E-state index in [4.69, 9.17) is 0 Å². The van der Waals surface area contributed by atoms with Crippen molar-refractivity contribution in [3.05, 3.63) is 0 Å². The van der Waals surface area contributed by atoms with Gasteiger partial charge >= 0.3 is 0 Å². The zero-order chi connectivity index (χ0) is 7.61. The Morgan fingerprint density at radius 2 is 1.80 bits per heavy atom. The number of hydrogen-bond acceptors (Lipinski definition) is 2. The molecule has 0 amide bonds. The van der Waals surface area contributed by atoms with Crippen molar-refractivity contribution >= 4 is 12.6 Å². The van der Waals surface area contributed by atoms with E-state index >= 15 is 0 Å². The molecule has 0 aromatic heterocycles. The molecule has 1 aliphatic rings. The Morgan fingerprint density at radius 1 is 1.30 bits per heavy atom. The molecule has 0 aliphatic carbocycles. The van der Waals surface area contributed by atoms with Crippen molar-refractivity contribution in [2.24, 2.45) is 0 Å². The maximum absolute atomic E-state index is 12.5. The van der Waals surface area contributed by atoms with Crippen molar-refractivity contribution in [3.63, 3.8) is 0 Å². The minimum absolute atomic E-state index is 0.00639. The minimum Gasteiger partial charge on any atom is -0.294 e. The SMILES string of the molecule is FC1(F)CCN(CS)CC1. The lowest BCUT2D eigenvalue weighted by molar-refractivity contribution is -0.0515. The smallest absolute Gasteiger partial charge is 0.250 e. The largest absolute Gasteiger partial charge is 0.294 e. The highest BCUT2D eigenvalue weighted by atomic mass is 32.1. The lowest BCUT2D eigenvalue weighted by Crippen LogP contribution is -2.38. The minimum atomic E-state index is -2.42. The van der Waals surface area contributed by atoms with E-state index in [2.05, 4.69) is 12.6 Å². The second-order valence-electron chi connectivity index (χ2n) is 2.62. The van der Waals surface area contributed by atoms with Crippen LogP contribution < -0.4 is 0 Å². The molecule has 0 spiro atoms. The quantitative estimate of drug-likeness (QED) is 0.581. The fourth-order valence-corrected chi connectivity index (χ4v) is 1.30. The summed E-state index contributed by atoms with van der Waals surface area (Å²) in [6.07, 6.45) is -0.0128. The van der Waals surface area contributed by atoms with Gasteiger partial charge in [-0.2, -0.15) is 12.6 Å². The summed E-state index contributed by atoms with van der Waals surface area (Å²) in [4.78, 5) is 1.92. The summed E-state index contributed by atoms with van der Waals surface area (Å²) in [7, 11) is 0. The predicted octanol–water partition coefficient (Wildman–Crippen LogP) is 1.60. The number of hydrogen-bond donors (Lipinski definition) is 1. The maximum atomic E-state index is 12.5. The second-order valence-corrected chi connectivity index (χ2v) is 2.90. The predicted molar refractivity (Wildman–Crippen MR) is 39.6 cm³/mol. The lowest BCUT2D eigenvalue weighted by atomic mass is 10.1. The third-order valence-corrected chi connectivity index (χ3v) is 2.19. The molecule has 4 heteroatoms. The van der Waals surface area contributed by atoms with Gasteiger partial charge in [0.15, 0.2) is 0 Å². The van der Waals surface area contributed by atoms with Crippen LogP contribution in [0.4, 0.5) is 8.78 Å². The van der Waals surface area contributed by atoms with E-state index < -0.39 is 5.92 Å². The van der Waals surface area contributed by atoms with Crippen molar-refractivity contribution in [1.29, 1.82) is 0 Å². The van der Waals surface area contributed by atoms with Crippen molar-refractivity contribution in [1.82, 2.24) is 4.90 Å². The van der Waals surface area contributed by atoms with E-state index in [0.717, 1.165) is 0 Å². The van der Waals surface area contributed by atoms with Crippen molar-refractivity contribution in [2.45, 2.75) is 18.8 Å². The van der Waals surface area contributed by atoms with Crippen LogP contribution in [0.25, 0.3) is 0 Å². The fourth-order valence-electron chi connectivity index (χ4n) is 1.02. The Morgan fingerprint density at radius 3 is 2.20 bits per heavy atom. The zero-order valence-corrected chi connectivity index (χ0v) is 6.58. The molecule has 1 rings (SSSR count). The molecule has 0 N–H and O–H groups in total. The molecule has 1 aliphatic heterocycles. The van der Waals surface area contributed by atoms with Crippen LogP contribution in [0.3, 0.4) is 0 Å². The number of thiol groups is 1. The number of piperidine rings is 1. The first-order valence-electron chi connectivity index (χ1n) is 3.35. The molecule has 10 heavy (non-hydrogen) atoms. The van der Waals surface area contributed by atoms with Gasteiger partial charge in [-0.1, -0.05) is 0 Å². The van der Waals surface area contributed by atoms with Gasteiger partial charge in [-0.05, 0) is 0 Å². The highest BCUT2D eigenvalue weighted by Gasteiger charge is 2.33. The van der Waals surface area contributed by atoms with E-state index in [-0.39, 0.29) is 12.8 Å². The summed E-state index contributed by atoms with van der Waals surface area (Å²) >= 11 is 4.00. The van der Waals surface area contributed by atoms with Crippen LogP contribution in [0.1, 0.15) is 12.8 Å². The average Bonchev–Trinajstić information content (AvgIpc) is 1.88. The molecule has 0 saturated carbocycles. The summed E-state index contributed by atoms with van der Waals surface area (Å²) in [5, 5.41) is 0. The summed E-state index contributed by atoms with van der Waals surface area (Å²) in [6, 6.07) is 0. The summed E-state index contributed by atoms with van der Waals surface area (Å²) < 4.78 is 24.9. The molecular formula is C6H11F2NS. The van der Waals surface area contributed by atoms with Crippen LogP contribution in [0.5, 0.6) is 0 Å². The van der Waals surface area contributed by atoms with Gasteiger partial charge in [-0.15, -0.1) is 0 Å². The first-order valence-corrected chi connectivity index (χ1v) is 3.98. The molecule has 0 bridgehead atoms. The molecule has 0 aromatic rings. The van der Waals surface area contributed by atoms with Crippen LogP contribution in [0.15, 0.2) is 0 Å². The summed E-state index contributed by atoms with van der Waals surface area (Å²) in [5.41, 5.74) is 0. The van der Waals surface area contributed by atoms with Crippen LogP contribution in [0, 0.1) is 0 Å². The summed E-state index contributed by atoms with van der Waals surface area (Å²) in [5.74, 6) is -1.82. The van der Waals surface area contributed by atoms with Crippen molar-refractivity contribution in [2.75, 3.05) is 19.0 Å². The monoisotopic (exact) mass is 167 g/mol. The third-order valence-electron chi connectivity index (χ3n) is 1.79. The van der Waals surface area contributed by atoms with Crippen molar-refractivity contribution < 1.29 is 8.78 Å². The van der Waals surface area contributed by atoms with Gasteiger partial charge in [-0.3, -0.25) is 4.90 Å². The molecule has 1 heterocycles. The standard InChI is InChI=1S/C6H11F2NS/c7-6(8)1-3-9(5-10)4-2-6/h10H,1-5H2. The highest BCUT2D eigenvalue weighted by molar-refractivity contribution is 7.80. The topological polar surface area (TPSA) is 3.24 Å². The van der Waals surface area contributed by atoms with E-state index in [9.17, 15) is 8.78 Å². The third kappa shape index (κ3) is 2.09. The number of rotatable bonds is 1. The van der Waals surface area contributed by atoms with Crippen LogP contribution in [-0.4, -0.2) is 29.8 Å². The zero-order valence-electron chi connectivity index (χ0n) is 5.69. The Labute approximate surface area is 64.8 Å². The van der Waals surface area contributed by atoms with E-state index in [1.807, 2.05) is 4.90 Å². The summed E-state index contributed by atoms with van der Waals surface area (Å²) in [6.45, 7) is 0.965. The van der Waals surface area contributed by atoms with Gasteiger partial charge in [0.05, 0.1) is 0 Å². The van der Waals surface area contributed by atoms with Crippen molar-refractivity contribution in [3.8, 4) is 0 Å². The van der Waals surface area contributed by atoms with Gasteiger partial charge in [0, 0.05) is 31.8 Å². The number of alkyl halides is 2.